The van der Waals surface area contributed by atoms with E-state index in [0.29, 0.717) is 18.0 Å². The summed E-state index contributed by atoms with van der Waals surface area (Å²) in [6.45, 7) is 9.81. The van der Waals surface area contributed by atoms with Crippen molar-refractivity contribution in [1.29, 1.82) is 0 Å². The Balaban J connectivity index is 2.69. The van der Waals surface area contributed by atoms with Crippen molar-refractivity contribution in [2.45, 2.75) is 31.3 Å². The Morgan fingerprint density at radius 1 is 1.40 bits per heavy atom. The van der Waals surface area contributed by atoms with Crippen LogP contribution in [0, 0.1) is 0 Å². The van der Waals surface area contributed by atoms with Crippen LogP contribution in [0.15, 0.2) is 36.9 Å². The summed E-state index contributed by atoms with van der Waals surface area (Å²) in [5.74, 6) is 0.479. The van der Waals surface area contributed by atoms with Crippen LogP contribution in [0.4, 0.5) is 10.5 Å². The Morgan fingerprint density at radius 2 is 2.10 bits per heavy atom. The van der Waals surface area contributed by atoms with Crippen LogP contribution in [0.1, 0.15) is 26.3 Å². The summed E-state index contributed by atoms with van der Waals surface area (Å²) in [5, 5.41) is 5.37. The molecule has 5 heteroatoms. The summed E-state index contributed by atoms with van der Waals surface area (Å²) in [4.78, 5) is 11.5. The van der Waals surface area contributed by atoms with E-state index in [1.54, 1.807) is 12.1 Å². The van der Waals surface area contributed by atoms with Gasteiger partial charge in [-0.15, -0.1) is 6.58 Å². The number of benzene rings is 1. The van der Waals surface area contributed by atoms with Crippen molar-refractivity contribution >= 4 is 22.5 Å². The van der Waals surface area contributed by atoms with Crippen LogP contribution >= 0.6 is 0 Å². The van der Waals surface area contributed by atoms with E-state index in [9.17, 15) is 9.00 Å². The van der Waals surface area contributed by atoms with Gasteiger partial charge < -0.3 is 10.6 Å². The minimum Gasteiger partial charge on any atom is -0.334 e. The van der Waals surface area contributed by atoms with Gasteiger partial charge in [-0.3, -0.25) is 4.21 Å². The third-order valence-corrected chi connectivity index (χ3v) is 4.53. The standard InChI is InChI=1S/C15H22N2O2S/c1-5-9-16-14(18)17-13-8-6-7-12(10-13)11-20(19)15(2,3)4/h5-8,10H,1,9,11H2,2-4H3,(H2,16,17,18)/t20-/m0/s1. The molecule has 1 aromatic carbocycles. The molecule has 0 aliphatic carbocycles. The molecular weight excluding hydrogens is 272 g/mol. The van der Waals surface area contributed by atoms with Crippen molar-refractivity contribution in [3.8, 4) is 0 Å². The highest BCUT2D eigenvalue weighted by Gasteiger charge is 2.19. The fraction of sp³-hybridized carbons (Fsp3) is 0.400. The second kappa shape index (κ2) is 7.24. The lowest BCUT2D eigenvalue weighted by Gasteiger charge is -2.18. The molecule has 2 amide bonds. The molecule has 0 fully saturated rings. The highest BCUT2D eigenvalue weighted by Crippen LogP contribution is 2.18. The van der Waals surface area contributed by atoms with Gasteiger partial charge >= 0.3 is 6.03 Å². The minimum absolute atomic E-state index is 0.245. The number of hydrogen-bond donors (Lipinski definition) is 2. The summed E-state index contributed by atoms with van der Waals surface area (Å²) in [6, 6.07) is 7.13. The van der Waals surface area contributed by atoms with Crippen molar-refractivity contribution in [2.24, 2.45) is 0 Å². The van der Waals surface area contributed by atoms with E-state index in [0.717, 1.165) is 5.56 Å². The molecule has 0 bridgehead atoms. The number of urea groups is 1. The maximum absolute atomic E-state index is 12.1. The Labute approximate surface area is 123 Å². The van der Waals surface area contributed by atoms with E-state index in [1.165, 1.54) is 0 Å². The van der Waals surface area contributed by atoms with Crippen molar-refractivity contribution < 1.29 is 9.00 Å². The third kappa shape index (κ3) is 5.57. The zero-order chi connectivity index (χ0) is 15.2. The Kier molecular flexibility index (Phi) is 5.95. The Hall–Kier alpha value is -1.62. The average molecular weight is 294 g/mol. The number of nitrogens with one attached hydrogen (secondary N) is 2. The first-order valence-electron chi connectivity index (χ1n) is 6.46. The molecular formula is C15H22N2O2S. The SMILES string of the molecule is C=CCNC(=O)Nc1cccc(C[S@](=O)C(C)(C)C)c1. The van der Waals surface area contributed by atoms with Crippen LogP contribution in [-0.2, 0) is 16.6 Å². The molecule has 0 radical (unpaired) electrons. The van der Waals surface area contributed by atoms with Gasteiger partial charge in [0.1, 0.15) is 0 Å². The van der Waals surface area contributed by atoms with E-state index >= 15 is 0 Å². The maximum Gasteiger partial charge on any atom is 0.319 e. The van der Waals surface area contributed by atoms with E-state index in [-0.39, 0.29) is 10.8 Å². The summed E-state index contributed by atoms with van der Waals surface area (Å²) < 4.78 is 11.9. The first kappa shape index (κ1) is 16.4. The molecule has 1 rings (SSSR count). The number of rotatable bonds is 5. The lowest BCUT2D eigenvalue weighted by molar-refractivity contribution is 0.253. The fourth-order valence-electron chi connectivity index (χ4n) is 1.45. The van der Waals surface area contributed by atoms with Crippen molar-refractivity contribution in [3.05, 3.63) is 42.5 Å². The number of hydrogen-bond acceptors (Lipinski definition) is 2. The molecule has 0 unspecified atom stereocenters. The number of carbonyl (C=O) groups is 1. The van der Waals surface area contributed by atoms with Gasteiger partial charge in [-0.1, -0.05) is 18.2 Å². The summed E-state index contributed by atoms with van der Waals surface area (Å²) in [6.07, 6.45) is 1.61. The van der Waals surface area contributed by atoms with Crippen molar-refractivity contribution in [2.75, 3.05) is 11.9 Å². The molecule has 0 aromatic heterocycles. The van der Waals surface area contributed by atoms with Crippen LogP contribution in [-0.4, -0.2) is 21.5 Å². The molecule has 0 saturated heterocycles. The predicted octanol–water partition coefficient (Wildman–Crippen LogP) is 3.04. The van der Waals surface area contributed by atoms with E-state index in [1.807, 2.05) is 39.0 Å². The van der Waals surface area contributed by atoms with Gasteiger partial charge in [0.2, 0.25) is 0 Å². The van der Waals surface area contributed by atoms with Gasteiger partial charge in [-0.25, -0.2) is 4.79 Å². The van der Waals surface area contributed by atoms with E-state index in [2.05, 4.69) is 17.2 Å². The zero-order valence-electron chi connectivity index (χ0n) is 12.2. The molecule has 0 aliphatic heterocycles. The van der Waals surface area contributed by atoms with Gasteiger partial charge in [-0.2, -0.15) is 0 Å². The average Bonchev–Trinajstić information content (AvgIpc) is 2.35. The second-order valence-corrected chi connectivity index (χ2v) is 7.63. The third-order valence-electron chi connectivity index (χ3n) is 2.57. The minimum atomic E-state index is -0.956. The number of carbonyl (C=O) groups excluding carboxylic acids is 1. The van der Waals surface area contributed by atoms with Crippen LogP contribution in [0.2, 0.25) is 0 Å². The van der Waals surface area contributed by atoms with Crippen LogP contribution in [0.5, 0.6) is 0 Å². The first-order valence-corrected chi connectivity index (χ1v) is 7.78. The first-order chi connectivity index (χ1) is 9.32. The van der Waals surface area contributed by atoms with Crippen LogP contribution in [0.3, 0.4) is 0 Å². The Bertz CT molecular complexity index is 507. The predicted molar refractivity (Wildman–Crippen MR) is 85.3 cm³/mol. The molecule has 1 atom stereocenters. The van der Waals surface area contributed by atoms with Crippen LogP contribution in [0.25, 0.3) is 0 Å². The highest BCUT2D eigenvalue weighted by atomic mass is 32.2. The molecule has 2 N–H and O–H groups in total. The fourth-order valence-corrected chi connectivity index (χ4v) is 2.36. The molecule has 0 aliphatic rings. The van der Waals surface area contributed by atoms with Crippen molar-refractivity contribution in [3.63, 3.8) is 0 Å². The monoisotopic (exact) mass is 294 g/mol. The molecule has 0 saturated carbocycles. The van der Waals surface area contributed by atoms with E-state index < -0.39 is 10.8 Å². The molecule has 0 spiro atoms. The van der Waals surface area contributed by atoms with Gasteiger partial charge in [-0.05, 0) is 38.5 Å². The van der Waals surface area contributed by atoms with Gasteiger partial charge in [0.05, 0.1) is 0 Å². The van der Waals surface area contributed by atoms with Gasteiger partial charge in [0.15, 0.2) is 0 Å². The zero-order valence-corrected chi connectivity index (χ0v) is 13.0. The molecule has 110 valence electrons. The second-order valence-electron chi connectivity index (χ2n) is 5.43. The number of anilines is 1. The maximum atomic E-state index is 12.1. The highest BCUT2D eigenvalue weighted by molar-refractivity contribution is 7.85. The summed E-state index contributed by atoms with van der Waals surface area (Å²) in [5.41, 5.74) is 1.63. The summed E-state index contributed by atoms with van der Waals surface area (Å²) in [7, 11) is -0.956. The molecule has 4 nitrogen and oxygen atoms in total. The molecule has 0 heterocycles. The van der Waals surface area contributed by atoms with Crippen LogP contribution < -0.4 is 10.6 Å². The Morgan fingerprint density at radius 3 is 2.70 bits per heavy atom. The largest absolute Gasteiger partial charge is 0.334 e. The number of amides is 2. The smallest absolute Gasteiger partial charge is 0.319 e. The normalized spacial score (nSPS) is 12.6. The lowest BCUT2D eigenvalue weighted by atomic mass is 10.2. The molecule has 20 heavy (non-hydrogen) atoms. The lowest BCUT2D eigenvalue weighted by Crippen LogP contribution is -2.28. The van der Waals surface area contributed by atoms with E-state index in [4.69, 9.17) is 0 Å². The quantitative estimate of drug-likeness (QED) is 0.820. The van der Waals surface area contributed by atoms with Gasteiger partial charge in [0.25, 0.3) is 0 Å². The molecule has 1 aromatic rings. The summed E-state index contributed by atoms with van der Waals surface area (Å²) >= 11 is 0. The topological polar surface area (TPSA) is 58.2 Å². The van der Waals surface area contributed by atoms with Gasteiger partial charge in [0, 0.05) is 33.5 Å². The van der Waals surface area contributed by atoms with Crippen molar-refractivity contribution in [1.82, 2.24) is 5.32 Å².